The summed E-state index contributed by atoms with van der Waals surface area (Å²) in [5.41, 5.74) is 11.4. The SMILES string of the molecule is CCc1cc2cc(C)c1-c1cc-2c(C)cc1C. The Kier molecular flexibility index (Phi) is 2.16. The van der Waals surface area contributed by atoms with Crippen LogP contribution >= 0.6 is 0 Å². The largest absolute Gasteiger partial charge is 0.0613 e. The number of rotatable bonds is 1. The molecule has 4 bridgehead atoms. The molecule has 17 heavy (non-hydrogen) atoms. The molecule has 0 heterocycles. The molecule has 0 unspecified atom stereocenters. The molecule has 0 heteroatoms. The number of hydrogen-bond donors (Lipinski definition) is 0. The van der Waals surface area contributed by atoms with Gasteiger partial charge >= 0.3 is 0 Å². The first-order chi connectivity index (χ1) is 8.11. The van der Waals surface area contributed by atoms with Crippen molar-refractivity contribution in [2.75, 3.05) is 0 Å². The molecule has 4 rings (SSSR count). The van der Waals surface area contributed by atoms with E-state index in [2.05, 4.69) is 52.0 Å². The van der Waals surface area contributed by atoms with E-state index < -0.39 is 0 Å². The summed E-state index contributed by atoms with van der Waals surface area (Å²) >= 11 is 0. The van der Waals surface area contributed by atoms with Gasteiger partial charge in [0.15, 0.2) is 0 Å². The predicted octanol–water partition coefficient (Wildman–Crippen LogP) is 4.82. The van der Waals surface area contributed by atoms with Crippen LogP contribution in [0.5, 0.6) is 0 Å². The lowest BCUT2D eigenvalue weighted by atomic mass is 9.93. The minimum atomic E-state index is 1.11. The first-order valence-electron chi connectivity index (χ1n) is 6.37. The van der Waals surface area contributed by atoms with Gasteiger partial charge in [0.2, 0.25) is 0 Å². The molecule has 0 atom stereocenters. The first kappa shape index (κ1) is 10.6. The van der Waals surface area contributed by atoms with Crippen LogP contribution in [0.1, 0.15) is 29.2 Å². The molecule has 0 aromatic heterocycles. The Morgan fingerprint density at radius 3 is 2.18 bits per heavy atom. The lowest BCUT2D eigenvalue weighted by Crippen LogP contribution is -1.91. The molecule has 86 valence electrons. The number of fused-ring (bicyclic) bond motifs is 2. The Balaban J connectivity index is 2.50. The fraction of sp³-hybridized carbons (Fsp3) is 0.294. The van der Waals surface area contributed by atoms with Crippen LogP contribution in [0.25, 0.3) is 22.3 Å². The van der Waals surface area contributed by atoms with Crippen LogP contribution in [0.2, 0.25) is 0 Å². The van der Waals surface area contributed by atoms with E-state index in [1.165, 1.54) is 44.5 Å². The second-order valence-corrected chi connectivity index (χ2v) is 5.16. The fourth-order valence-electron chi connectivity index (χ4n) is 3.11. The van der Waals surface area contributed by atoms with E-state index in [1.54, 1.807) is 0 Å². The van der Waals surface area contributed by atoms with Gasteiger partial charge in [0.05, 0.1) is 0 Å². The monoisotopic (exact) mass is 222 g/mol. The zero-order valence-corrected chi connectivity index (χ0v) is 11.0. The lowest BCUT2D eigenvalue weighted by molar-refractivity contribution is 1.14. The molecule has 2 aromatic rings. The van der Waals surface area contributed by atoms with E-state index in [0.717, 1.165) is 6.42 Å². The minimum absolute atomic E-state index is 1.11. The van der Waals surface area contributed by atoms with Crippen molar-refractivity contribution in [2.45, 2.75) is 34.1 Å². The van der Waals surface area contributed by atoms with E-state index in [1.807, 2.05) is 0 Å². The maximum atomic E-state index is 2.38. The minimum Gasteiger partial charge on any atom is -0.0613 e. The normalized spacial score (nSPS) is 11.8. The molecule has 0 spiro atoms. The molecule has 2 aliphatic rings. The van der Waals surface area contributed by atoms with Gasteiger partial charge in [0.1, 0.15) is 0 Å². The molecule has 0 saturated heterocycles. The lowest BCUT2D eigenvalue weighted by Gasteiger charge is -2.11. The van der Waals surface area contributed by atoms with Gasteiger partial charge in [-0.1, -0.05) is 25.1 Å². The zero-order chi connectivity index (χ0) is 12.2. The van der Waals surface area contributed by atoms with Crippen LogP contribution in [-0.2, 0) is 6.42 Å². The molecule has 0 saturated carbocycles. The summed E-state index contributed by atoms with van der Waals surface area (Å²) in [7, 11) is 0. The smallest absolute Gasteiger partial charge is 0.0119 e. The Morgan fingerprint density at radius 2 is 1.47 bits per heavy atom. The van der Waals surface area contributed by atoms with Crippen LogP contribution in [-0.4, -0.2) is 0 Å². The summed E-state index contributed by atoms with van der Waals surface area (Å²) in [6, 6.07) is 9.41. The molecule has 0 N–H and O–H groups in total. The van der Waals surface area contributed by atoms with Gasteiger partial charge in [-0.25, -0.2) is 0 Å². The van der Waals surface area contributed by atoms with Gasteiger partial charge in [0, 0.05) is 0 Å². The van der Waals surface area contributed by atoms with Crippen LogP contribution < -0.4 is 0 Å². The topological polar surface area (TPSA) is 0 Å². The Bertz CT molecular complexity index is 618. The summed E-state index contributed by atoms with van der Waals surface area (Å²) in [5, 5.41) is 0. The standard InChI is InChI=1S/C17H18/c1-5-13-8-14-7-12(4)17(13)16-9-15(14)10(2)6-11(16)3/h6-9H,5H2,1-4H3. The highest BCUT2D eigenvalue weighted by atomic mass is 14.2. The fourth-order valence-corrected chi connectivity index (χ4v) is 3.11. The molecular weight excluding hydrogens is 204 g/mol. The second-order valence-electron chi connectivity index (χ2n) is 5.16. The third kappa shape index (κ3) is 1.37. The molecule has 0 radical (unpaired) electrons. The summed E-state index contributed by atoms with van der Waals surface area (Å²) in [6.07, 6.45) is 1.11. The molecule has 0 aliphatic heterocycles. The van der Waals surface area contributed by atoms with Crippen LogP contribution in [0, 0.1) is 20.8 Å². The molecule has 0 amide bonds. The maximum absolute atomic E-state index is 2.38. The zero-order valence-electron chi connectivity index (χ0n) is 11.0. The highest BCUT2D eigenvalue weighted by molar-refractivity contribution is 5.87. The van der Waals surface area contributed by atoms with Gasteiger partial charge in [-0.05, 0) is 77.8 Å². The average molecular weight is 222 g/mol. The van der Waals surface area contributed by atoms with Crippen molar-refractivity contribution in [3.05, 3.63) is 46.5 Å². The van der Waals surface area contributed by atoms with Gasteiger partial charge in [-0.2, -0.15) is 0 Å². The quantitative estimate of drug-likeness (QED) is 0.553. The molecular formula is C17H18. The molecule has 0 nitrogen and oxygen atoms in total. The van der Waals surface area contributed by atoms with Gasteiger partial charge in [0.25, 0.3) is 0 Å². The van der Waals surface area contributed by atoms with Crippen molar-refractivity contribution in [3.63, 3.8) is 0 Å². The van der Waals surface area contributed by atoms with Crippen molar-refractivity contribution < 1.29 is 0 Å². The van der Waals surface area contributed by atoms with Gasteiger partial charge in [-0.3, -0.25) is 0 Å². The summed E-state index contributed by atoms with van der Waals surface area (Å²) in [4.78, 5) is 0. The second kappa shape index (κ2) is 3.46. The van der Waals surface area contributed by atoms with E-state index in [9.17, 15) is 0 Å². The highest BCUT2D eigenvalue weighted by Gasteiger charge is 2.18. The van der Waals surface area contributed by atoms with Crippen molar-refractivity contribution >= 4 is 0 Å². The number of benzene rings is 2. The van der Waals surface area contributed by atoms with Crippen LogP contribution in [0.4, 0.5) is 0 Å². The van der Waals surface area contributed by atoms with Crippen molar-refractivity contribution in [1.29, 1.82) is 0 Å². The Labute approximate surface area is 103 Å². The third-order valence-corrected chi connectivity index (χ3v) is 3.95. The molecule has 2 aromatic carbocycles. The first-order valence-corrected chi connectivity index (χ1v) is 6.37. The van der Waals surface area contributed by atoms with Crippen LogP contribution in [0.3, 0.4) is 0 Å². The van der Waals surface area contributed by atoms with E-state index in [0.29, 0.717) is 0 Å². The summed E-state index contributed by atoms with van der Waals surface area (Å²) in [6.45, 7) is 8.93. The van der Waals surface area contributed by atoms with Crippen LogP contribution in [0.15, 0.2) is 24.3 Å². The van der Waals surface area contributed by atoms with E-state index >= 15 is 0 Å². The maximum Gasteiger partial charge on any atom is -0.0119 e. The predicted molar refractivity (Wildman–Crippen MR) is 74.5 cm³/mol. The van der Waals surface area contributed by atoms with Crippen molar-refractivity contribution in [2.24, 2.45) is 0 Å². The van der Waals surface area contributed by atoms with Gasteiger partial charge in [-0.15, -0.1) is 0 Å². The summed E-state index contributed by atoms with van der Waals surface area (Å²) in [5.74, 6) is 0. The average Bonchev–Trinajstić information content (AvgIpc) is 2.50. The third-order valence-electron chi connectivity index (χ3n) is 3.95. The number of aryl methyl sites for hydroxylation is 4. The van der Waals surface area contributed by atoms with Gasteiger partial charge < -0.3 is 0 Å². The highest BCUT2D eigenvalue weighted by Crippen LogP contribution is 2.41. The molecule has 2 aliphatic carbocycles. The van der Waals surface area contributed by atoms with Crippen molar-refractivity contribution in [1.82, 2.24) is 0 Å². The Hall–Kier alpha value is -1.56. The molecule has 0 fully saturated rings. The Morgan fingerprint density at radius 1 is 0.765 bits per heavy atom. The van der Waals surface area contributed by atoms with Crippen molar-refractivity contribution in [3.8, 4) is 22.3 Å². The number of hydrogen-bond acceptors (Lipinski definition) is 0. The van der Waals surface area contributed by atoms with E-state index in [-0.39, 0.29) is 0 Å². The summed E-state index contributed by atoms with van der Waals surface area (Å²) < 4.78 is 0. The van der Waals surface area contributed by atoms with E-state index in [4.69, 9.17) is 0 Å².